The lowest BCUT2D eigenvalue weighted by Gasteiger charge is -2.22. The Morgan fingerprint density at radius 2 is 1.68 bits per heavy atom. The Morgan fingerprint density at radius 1 is 1.08 bits per heavy atom. The van der Waals surface area contributed by atoms with E-state index in [1.165, 1.54) is 33.8 Å². The second-order valence-corrected chi connectivity index (χ2v) is 5.93. The van der Waals surface area contributed by atoms with Gasteiger partial charge in [-0.3, -0.25) is 4.79 Å². The molecule has 0 saturated heterocycles. The molecule has 0 spiro atoms. The summed E-state index contributed by atoms with van der Waals surface area (Å²) in [5, 5.41) is 12.4. The summed E-state index contributed by atoms with van der Waals surface area (Å²) in [5.74, 6) is 1.16. The third-order valence-electron chi connectivity index (χ3n) is 4.34. The van der Waals surface area contributed by atoms with Crippen LogP contribution in [-0.2, 0) is 4.79 Å². The van der Waals surface area contributed by atoms with Gasteiger partial charge in [0.1, 0.15) is 17.4 Å². The third kappa shape index (κ3) is 4.66. The second kappa shape index (κ2) is 8.97. The van der Waals surface area contributed by atoms with Crippen molar-refractivity contribution >= 4 is 12.0 Å². The minimum absolute atomic E-state index is 0.0380. The van der Waals surface area contributed by atoms with Gasteiger partial charge in [-0.05, 0) is 25.0 Å². The van der Waals surface area contributed by atoms with Gasteiger partial charge in [-0.1, -0.05) is 19.3 Å². The first kappa shape index (κ1) is 18.7. The summed E-state index contributed by atoms with van der Waals surface area (Å²) in [7, 11) is 4.58. The first-order chi connectivity index (χ1) is 12.1. The lowest BCUT2D eigenvalue weighted by molar-refractivity contribution is -0.117. The van der Waals surface area contributed by atoms with Gasteiger partial charge in [-0.2, -0.15) is 5.26 Å². The van der Waals surface area contributed by atoms with Crippen LogP contribution in [0.4, 0.5) is 0 Å². The number of carbonyl (C=O) groups is 1. The number of nitriles is 1. The van der Waals surface area contributed by atoms with Crippen molar-refractivity contribution in [3.05, 3.63) is 23.3 Å². The zero-order valence-corrected chi connectivity index (χ0v) is 14.9. The second-order valence-electron chi connectivity index (χ2n) is 5.93. The van der Waals surface area contributed by atoms with Crippen LogP contribution < -0.4 is 19.5 Å². The van der Waals surface area contributed by atoms with Gasteiger partial charge < -0.3 is 19.5 Å². The first-order valence-corrected chi connectivity index (χ1v) is 8.35. The van der Waals surface area contributed by atoms with E-state index < -0.39 is 0 Å². The normalized spacial score (nSPS) is 15.2. The number of methoxy groups -OCH3 is 3. The van der Waals surface area contributed by atoms with Gasteiger partial charge in [0.2, 0.25) is 0 Å². The molecular formula is C19H24N2O4. The number of nitrogens with zero attached hydrogens (tertiary/aromatic N) is 1. The van der Waals surface area contributed by atoms with Crippen molar-refractivity contribution in [2.75, 3.05) is 21.3 Å². The zero-order valence-electron chi connectivity index (χ0n) is 14.9. The predicted octanol–water partition coefficient (Wildman–Crippen LogP) is 3.07. The molecular weight excluding hydrogens is 320 g/mol. The number of rotatable bonds is 6. The molecule has 134 valence electrons. The van der Waals surface area contributed by atoms with Crippen molar-refractivity contribution in [1.29, 1.82) is 5.26 Å². The summed E-state index contributed by atoms with van der Waals surface area (Å²) >= 11 is 0. The van der Waals surface area contributed by atoms with E-state index in [1.54, 1.807) is 12.1 Å². The molecule has 6 nitrogen and oxygen atoms in total. The molecule has 0 radical (unpaired) electrons. The molecule has 1 aromatic rings. The number of hydrogen-bond donors (Lipinski definition) is 1. The van der Waals surface area contributed by atoms with Gasteiger partial charge in [0, 0.05) is 17.7 Å². The van der Waals surface area contributed by atoms with Gasteiger partial charge in [-0.15, -0.1) is 0 Å². The molecule has 0 bridgehead atoms. The van der Waals surface area contributed by atoms with Gasteiger partial charge in [0.25, 0.3) is 5.91 Å². The van der Waals surface area contributed by atoms with Crippen LogP contribution in [0.25, 0.3) is 6.08 Å². The largest absolute Gasteiger partial charge is 0.496 e. The molecule has 1 aliphatic rings. The average molecular weight is 344 g/mol. The minimum atomic E-state index is -0.355. The van der Waals surface area contributed by atoms with Gasteiger partial charge in [0.15, 0.2) is 11.5 Å². The van der Waals surface area contributed by atoms with Crippen LogP contribution in [0.15, 0.2) is 17.7 Å². The number of nitrogens with one attached hydrogen (secondary N) is 1. The molecule has 6 heteroatoms. The van der Waals surface area contributed by atoms with Crippen molar-refractivity contribution in [1.82, 2.24) is 5.32 Å². The van der Waals surface area contributed by atoms with E-state index in [0.29, 0.717) is 22.8 Å². The maximum absolute atomic E-state index is 12.4. The Labute approximate surface area is 148 Å². The smallest absolute Gasteiger partial charge is 0.262 e. The van der Waals surface area contributed by atoms with Crippen molar-refractivity contribution < 1.29 is 19.0 Å². The number of benzene rings is 1. The Morgan fingerprint density at radius 3 is 2.24 bits per heavy atom. The third-order valence-corrected chi connectivity index (χ3v) is 4.34. The van der Waals surface area contributed by atoms with E-state index in [-0.39, 0.29) is 17.5 Å². The Kier molecular flexibility index (Phi) is 6.70. The fraction of sp³-hybridized carbons (Fsp3) is 0.474. The van der Waals surface area contributed by atoms with Crippen LogP contribution in [0.5, 0.6) is 17.2 Å². The Hall–Kier alpha value is -2.68. The van der Waals surface area contributed by atoms with E-state index in [4.69, 9.17) is 14.2 Å². The molecule has 1 aliphatic carbocycles. The van der Waals surface area contributed by atoms with Crippen molar-refractivity contribution in [3.63, 3.8) is 0 Å². The van der Waals surface area contributed by atoms with Crippen LogP contribution in [-0.4, -0.2) is 33.3 Å². The number of ether oxygens (including phenoxy) is 3. The van der Waals surface area contributed by atoms with E-state index in [9.17, 15) is 10.1 Å². The summed E-state index contributed by atoms with van der Waals surface area (Å²) < 4.78 is 15.9. The van der Waals surface area contributed by atoms with Crippen molar-refractivity contribution in [2.45, 2.75) is 38.1 Å². The maximum atomic E-state index is 12.4. The molecule has 1 N–H and O–H groups in total. The van der Waals surface area contributed by atoms with Gasteiger partial charge >= 0.3 is 0 Å². The molecule has 1 fully saturated rings. The van der Waals surface area contributed by atoms with Crippen molar-refractivity contribution in [2.24, 2.45) is 0 Å². The molecule has 0 unspecified atom stereocenters. The molecule has 2 rings (SSSR count). The molecule has 0 heterocycles. The van der Waals surface area contributed by atoms with Crippen LogP contribution in [0, 0.1) is 11.3 Å². The zero-order chi connectivity index (χ0) is 18.2. The summed E-state index contributed by atoms with van der Waals surface area (Å²) in [6.07, 6.45) is 6.86. The molecule has 25 heavy (non-hydrogen) atoms. The molecule has 0 aliphatic heterocycles. The summed E-state index contributed by atoms with van der Waals surface area (Å²) in [5.41, 5.74) is 0.617. The summed E-state index contributed by atoms with van der Waals surface area (Å²) in [6.45, 7) is 0. The fourth-order valence-corrected chi connectivity index (χ4v) is 2.98. The number of amides is 1. The average Bonchev–Trinajstić information content (AvgIpc) is 2.66. The molecule has 1 amide bonds. The topological polar surface area (TPSA) is 80.6 Å². The van der Waals surface area contributed by atoms with E-state index in [1.807, 2.05) is 6.07 Å². The monoisotopic (exact) mass is 344 g/mol. The van der Waals surface area contributed by atoms with Crippen LogP contribution in [0.3, 0.4) is 0 Å². The highest BCUT2D eigenvalue weighted by molar-refractivity contribution is 6.02. The Bertz CT molecular complexity index is 685. The van der Waals surface area contributed by atoms with Gasteiger partial charge in [-0.25, -0.2) is 0 Å². The van der Waals surface area contributed by atoms with Crippen molar-refractivity contribution in [3.8, 4) is 23.3 Å². The first-order valence-electron chi connectivity index (χ1n) is 8.35. The van der Waals surface area contributed by atoms with Gasteiger partial charge in [0.05, 0.1) is 21.3 Å². The molecule has 1 saturated carbocycles. The van der Waals surface area contributed by atoms with E-state index >= 15 is 0 Å². The standard InChI is InChI=1S/C19H24N2O4/c1-23-16-11-18(25-3)17(24-2)10-13(16)9-14(12-20)19(22)21-15-7-5-4-6-8-15/h9-11,15H,4-8H2,1-3H3,(H,21,22). The highest BCUT2D eigenvalue weighted by Crippen LogP contribution is 2.35. The predicted molar refractivity (Wildman–Crippen MR) is 94.7 cm³/mol. The SMILES string of the molecule is COc1cc(OC)c(OC)cc1C=C(C#N)C(=O)NC1CCCCC1. The highest BCUT2D eigenvalue weighted by Gasteiger charge is 2.19. The van der Waals surface area contributed by atoms with Crippen LogP contribution in [0.2, 0.25) is 0 Å². The quantitative estimate of drug-likeness (QED) is 0.634. The Balaban J connectivity index is 2.28. The summed E-state index contributed by atoms with van der Waals surface area (Å²) in [4.78, 5) is 12.4. The lowest BCUT2D eigenvalue weighted by atomic mass is 9.95. The fourth-order valence-electron chi connectivity index (χ4n) is 2.98. The highest BCUT2D eigenvalue weighted by atomic mass is 16.5. The molecule has 0 atom stereocenters. The molecule has 1 aromatic carbocycles. The summed E-state index contributed by atoms with van der Waals surface area (Å²) in [6, 6.07) is 5.47. The van der Waals surface area contributed by atoms with E-state index in [2.05, 4.69) is 5.32 Å². The lowest BCUT2D eigenvalue weighted by Crippen LogP contribution is -2.36. The van der Waals surface area contributed by atoms with Crippen LogP contribution >= 0.6 is 0 Å². The number of hydrogen-bond acceptors (Lipinski definition) is 5. The number of carbonyl (C=O) groups excluding carboxylic acids is 1. The molecule has 0 aromatic heterocycles. The maximum Gasteiger partial charge on any atom is 0.262 e. The minimum Gasteiger partial charge on any atom is -0.496 e. The van der Waals surface area contributed by atoms with E-state index in [0.717, 1.165) is 25.7 Å². The van der Waals surface area contributed by atoms with Crippen LogP contribution in [0.1, 0.15) is 37.7 Å².